The molecule has 0 fully saturated rings. The van der Waals surface area contributed by atoms with Crippen molar-refractivity contribution in [3.8, 4) is 5.69 Å². The van der Waals surface area contributed by atoms with E-state index in [4.69, 9.17) is 11.6 Å². The monoisotopic (exact) mass is 387 g/mol. The van der Waals surface area contributed by atoms with Gasteiger partial charge in [-0.1, -0.05) is 75.7 Å². The lowest BCUT2D eigenvalue weighted by Gasteiger charge is -2.43. The molecule has 4 aromatic rings. The number of aromatic nitrogens is 1. The van der Waals surface area contributed by atoms with E-state index in [-0.39, 0.29) is 10.8 Å². The third-order valence-electron chi connectivity index (χ3n) is 6.70. The van der Waals surface area contributed by atoms with Gasteiger partial charge in [0.2, 0.25) is 0 Å². The van der Waals surface area contributed by atoms with Crippen molar-refractivity contribution in [2.24, 2.45) is 0 Å². The number of nitrogens with zero attached hydrogens (tertiary/aromatic N) is 1. The highest BCUT2D eigenvalue weighted by Crippen LogP contribution is 2.49. The van der Waals surface area contributed by atoms with Crippen LogP contribution in [0, 0.1) is 0 Å². The first-order valence-corrected chi connectivity index (χ1v) is 10.5. The van der Waals surface area contributed by atoms with E-state index >= 15 is 0 Å². The average molecular weight is 388 g/mol. The molecule has 1 heterocycles. The lowest BCUT2D eigenvalue weighted by Crippen LogP contribution is -2.35. The van der Waals surface area contributed by atoms with Crippen LogP contribution in [0.1, 0.15) is 51.7 Å². The van der Waals surface area contributed by atoms with E-state index in [2.05, 4.69) is 86.9 Å². The first-order chi connectivity index (χ1) is 13.3. The van der Waals surface area contributed by atoms with Crippen LogP contribution in [-0.4, -0.2) is 4.57 Å². The summed E-state index contributed by atoms with van der Waals surface area (Å²) < 4.78 is 2.43. The van der Waals surface area contributed by atoms with Crippen LogP contribution in [0.15, 0.2) is 60.7 Å². The predicted molar refractivity (Wildman–Crippen MR) is 121 cm³/mol. The quantitative estimate of drug-likeness (QED) is 0.314. The Hall–Kier alpha value is -2.25. The molecule has 3 aromatic carbocycles. The predicted octanol–water partition coefficient (Wildman–Crippen LogP) is 7.79. The molecule has 0 amide bonds. The molecule has 0 N–H and O–H groups in total. The number of para-hydroxylation sites is 1. The largest absolute Gasteiger partial charge is 0.309 e. The van der Waals surface area contributed by atoms with E-state index < -0.39 is 0 Å². The maximum atomic E-state index is 6.44. The zero-order chi connectivity index (χ0) is 19.7. The van der Waals surface area contributed by atoms with Gasteiger partial charge in [0.15, 0.2) is 0 Å². The highest BCUT2D eigenvalue weighted by atomic mass is 35.5. The molecule has 0 spiro atoms. The minimum Gasteiger partial charge on any atom is -0.309 e. The van der Waals surface area contributed by atoms with Gasteiger partial charge in [0.1, 0.15) is 0 Å². The van der Waals surface area contributed by atoms with Crippen molar-refractivity contribution in [3.05, 3.63) is 76.8 Å². The second-order valence-electron chi connectivity index (χ2n) is 9.48. The van der Waals surface area contributed by atoms with Crippen LogP contribution in [0.5, 0.6) is 0 Å². The smallest absolute Gasteiger partial charge is 0.0556 e. The first-order valence-electron chi connectivity index (χ1n) is 10.1. The second-order valence-corrected chi connectivity index (χ2v) is 9.92. The van der Waals surface area contributed by atoms with Crippen LogP contribution in [0.3, 0.4) is 0 Å². The van der Waals surface area contributed by atoms with Crippen molar-refractivity contribution in [1.82, 2.24) is 4.57 Å². The van der Waals surface area contributed by atoms with E-state index in [1.807, 2.05) is 6.07 Å². The zero-order valence-corrected chi connectivity index (χ0v) is 17.8. The van der Waals surface area contributed by atoms with Crippen LogP contribution >= 0.6 is 11.6 Å². The van der Waals surface area contributed by atoms with Gasteiger partial charge in [-0.15, -0.1) is 0 Å². The van der Waals surface area contributed by atoms with E-state index in [1.165, 1.54) is 51.5 Å². The molecule has 2 heteroatoms. The Bertz CT molecular complexity index is 1230. The van der Waals surface area contributed by atoms with Gasteiger partial charge in [-0.25, -0.2) is 0 Å². The minimum absolute atomic E-state index is 0.137. The molecular weight excluding hydrogens is 362 g/mol. The van der Waals surface area contributed by atoms with Crippen LogP contribution in [-0.2, 0) is 10.8 Å². The highest BCUT2D eigenvalue weighted by molar-refractivity contribution is 6.31. The summed E-state index contributed by atoms with van der Waals surface area (Å²) >= 11 is 6.44. The molecule has 1 aliphatic rings. The maximum absolute atomic E-state index is 6.44. The summed E-state index contributed by atoms with van der Waals surface area (Å²) in [5.74, 6) is 0. The van der Waals surface area contributed by atoms with E-state index in [0.29, 0.717) is 0 Å². The Kier molecular flexibility index (Phi) is 3.74. The summed E-state index contributed by atoms with van der Waals surface area (Å²) in [4.78, 5) is 0. The molecule has 0 bridgehead atoms. The summed E-state index contributed by atoms with van der Waals surface area (Å²) in [5.41, 5.74) is 7.01. The Morgan fingerprint density at radius 1 is 0.750 bits per heavy atom. The normalized spacial score (nSPS) is 17.8. The molecule has 1 aromatic heterocycles. The summed E-state index contributed by atoms with van der Waals surface area (Å²) in [6.45, 7) is 9.55. The molecule has 0 atom stereocenters. The van der Waals surface area contributed by atoms with E-state index in [1.54, 1.807) is 0 Å². The molecular formula is C26H26ClN. The second kappa shape index (κ2) is 5.87. The number of fused-ring (bicyclic) bond motifs is 4. The summed E-state index contributed by atoms with van der Waals surface area (Å²) in [6.07, 6.45) is 2.41. The first kappa shape index (κ1) is 17.8. The zero-order valence-electron chi connectivity index (χ0n) is 17.0. The molecule has 0 radical (unpaired) electrons. The van der Waals surface area contributed by atoms with Gasteiger partial charge >= 0.3 is 0 Å². The van der Waals surface area contributed by atoms with Crippen molar-refractivity contribution in [2.75, 3.05) is 0 Å². The van der Waals surface area contributed by atoms with Gasteiger partial charge < -0.3 is 4.57 Å². The van der Waals surface area contributed by atoms with Gasteiger partial charge in [-0.3, -0.25) is 0 Å². The number of hydrogen-bond donors (Lipinski definition) is 0. The third-order valence-corrected chi connectivity index (χ3v) is 6.94. The van der Waals surface area contributed by atoms with Crippen LogP contribution in [0.4, 0.5) is 0 Å². The number of hydrogen-bond acceptors (Lipinski definition) is 0. The van der Waals surface area contributed by atoms with Crippen molar-refractivity contribution in [2.45, 2.75) is 51.4 Å². The fraction of sp³-hybridized carbons (Fsp3) is 0.308. The van der Waals surface area contributed by atoms with Gasteiger partial charge in [0.25, 0.3) is 0 Å². The Balaban J connectivity index is 1.96. The summed E-state index contributed by atoms with van der Waals surface area (Å²) in [5, 5.41) is 3.31. The fourth-order valence-electron chi connectivity index (χ4n) is 5.09. The molecule has 1 nitrogen and oxygen atoms in total. The standard InChI is InChI=1S/C26H26ClN/c1-25(2)14-15-26(3,4)24-20(25)9-7-11-22(24)28-21-10-6-5-8-18(21)19-13-12-17(27)16-23(19)28/h5-13,16H,14-15H2,1-4H3. The van der Waals surface area contributed by atoms with Crippen molar-refractivity contribution < 1.29 is 0 Å². The Morgan fingerprint density at radius 2 is 1.46 bits per heavy atom. The molecule has 0 saturated heterocycles. The van der Waals surface area contributed by atoms with Crippen molar-refractivity contribution in [1.29, 1.82) is 0 Å². The lowest BCUT2D eigenvalue weighted by molar-refractivity contribution is 0.331. The Labute approximate surface area is 171 Å². The molecule has 5 rings (SSSR count). The topological polar surface area (TPSA) is 4.93 Å². The van der Waals surface area contributed by atoms with E-state index in [9.17, 15) is 0 Å². The average Bonchev–Trinajstić information content (AvgIpc) is 2.98. The number of benzene rings is 3. The molecule has 0 unspecified atom stereocenters. The fourth-order valence-corrected chi connectivity index (χ4v) is 5.26. The molecule has 0 saturated carbocycles. The van der Waals surface area contributed by atoms with E-state index in [0.717, 1.165) is 5.02 Å². The van der Waals surface area contributed by atoms with Crippen LogP contribution in [0.2, 0.25) is 5.02 Å². The minimum atomic E-state index is 0.137. The molecule has 28 heavy (non-hydrogen) atoms. The van der Waals surface area contributed by atoms with Crippen LogP contribution < -0.4 is 0 Å². The van der Waals surface area contributed by atoms with Gasteiger partial charge in [0, 0.05) is 15.8 Å². The van der Waals surface area contributed by atoms with Crippen LogP contribution in [0.25, 0.3) is 27.5 Å². The number of rotatable bonds is 1. The molecule has 142 valence electrons. The molecule has 0 aliphatic heterocycles. The summed E-state index contributed by atoms with van der Waals surface area (Å²) in [7, 11) is 0. The maximum Gasteiger partial charge on any atom is 0.0556 e. The highest BCUT2D eigenvalue weighted by Gasteiger charge is 2.39. The van der Waals surface area contributed by atoms with Gasteiger partial charge in [0.05, 0.1) is 16.7 Å². The Morgan fingerprint density at radius 3 is 2.29 bits per heavy atom. The lowest BCUT2D eigenvalue weighted by atomic mass is 9.62. The molecule has 1 aliphatic carbocycles. The van der Waals surface area contributed by atoms with Crippen molar-refractivity contribution >= 4 is 33.4 Å². The number of halogens is 1. The SMILES string of the molecule is CC1(C)CCC(C)(C)c2c(-n3c4ccccc4c4ccc(Cl)cc43)cccc21. The van der Waals surface area contributed by atoms with Crippen molar-refractivity contribution in [3.63, 3.8) is 0 Å². The van der Waals surface area contributed by atoms with Gasteiger partial charge in [-0.05, 0) is 59.1 Å². The van der Waals surface area contributed by atoms with Gasteiger partial charge in [-0.2, -0.15) is 0 Å². The summed E-state index contributed by atoms with van der Waals surface area (Å²) in [6, 6.07) is 21.8. The third kappa shape index (κ3) is 2.46.